The van der Waals surface area contributed by atoms with Crippen LogP contribution in [0.3, 0.4) is 0 Å². The van der Waals surface area contributed by atoms with Gasteiger partial charge >= 0.3 is 0 Å². The van der Waals surface area contributed by atoms with Crippen LogP contribution in [0.25, 0.3) is 49.6 Å². The fourth-order valence-electron chi connectivity index (χ4n) is 18.3. The molecule has 10 aromatic rings. The molecular formula is C85H94BN3O. The summed E-state index contributed by atoms with van der Waals surface area (Å²) in [5, 5.41) is 3.76. The maximum atomic E-state index is 8.03. The van der Waals surface area contributed by atoms with Gasteiger partial charge in [-0.3, -0.25) is 0 Å². The number of aromatic nitrogens is 1. The highest BCUT2D eigenvalue weighted by molar-refractivity contribution is 7.00. The minimum atomic E-state index is -0.224. The Labute approximate surface area is 537 Å². The number of benzene rings is 8. The van der Waals surface area contributed by atoms with Crippen LogP contribution in [-0.2, 0) is 48.7 Å². The second-order valence-electron chi connectivity index (χ2n) is 35.4. The standard InChI is InChI=1S/C85H94BN3O/c1-77(2,3)51-27-32-67(58(39-51)50-23-21-20-22-24-50)89-72-44-55(88-68-40-52(78(4,5)6)25-29-56(68)57-30-26-53(41-69(57)88)79(7,8)9)43-71-74(72)86(76-75(89)59-45-64-65(48-73(59)90-76)85(19)38-37-84(64,18)49-85)66-46-62-63(83(16,17)36-35-82(62,14)15)47-70(66)87(71)54-28-31-60-61(42-54)81(12,13)34-33-80(60,10)11/h20-32,39-48H,33-38,49H2,1-19H3. The zero-order chi connectivity index (χ0) is 63.3. The smallest absolute Gasteiger partial charge is 0.297 e. The van der Waals surface area contributed by atoms with Gasteiger partial charge in [-0.1, -0.05) is 204 Å². The minimum Gasteiger partial charge on any atom is -0.468 e. The summed E-state index contributed by atoms with van der Waals surface area (Å²) in [5.41, 5.74) is 30.7. The highest BCUT2D eigenvalue weighted by atomic mass is 16.3. The first kappa shape index (κ1) is 57.9. The lowest BCUT2D eigenvalue weighted by atomic mass is 9.35. The number of hydrogen-bond acceptors (Lipinski definition) is 3. The molecule has 2 aliphatic heterocycles. The fourth-order valence-corrected chi connectivity index (χ4v) is 18.3. The zero-order valence-electron chi connectivity index (χ0n) is 57.6. The SMILES string of the molecule is CC(C)(C)c1ccc(N2c3cc(-n4c5cc(C(C)(C)C)ccc5c5ccc(C(C)(C)C)cc54)cc4c3B(c3cc5c(cc3N4c3ccc4c(c3)C(C)(C)CCC4(C)C)C(C)(C)CCC5(C)C)c3oc4cc5c(cc4c32)C2(C)CCC5(C)C2)c(-c2ccccc2)c1. The normalized spacial score (nSPS) is 21.6. The molecule has 2 unspecified atom stereocenters. The van der Waals surface area contributed by atoms with Gasteiger partial charge in [-0.15, -0.1) is 0 Å². The molecule has 16 rings (SSSR count). The molecule has 2 bridgehead atoms. The van der Waals surface area contributed by atoms with Crippen LogP contribution in [-0.4, -0.2) is 11.3 Å². The quantitative estimate of drug-likeness (QED) is 0.164. The Kier molecular flexibility index (Phi) is 11.8. The lowest BCUT2D eigenvalue weighted by molar-refractivity contribution is 0.332. The summed E-state index contributed by atoms with van der Waals surface area (Å²) < 4.78 is 10.7. The van der Waals surface area contributed by atoms with Gasteiger partial charge < -0.3 is 18.8 Å². The van der Waals surface area contributed by atoms with E-state index in [-0.39, 0.29) is 55.4 Å². The second kappa shape index (κ2) is 18.3. The van der Waals surface area contributed by atoms with Crippen LogP contribution in [0.15, 0.2) is 144 Å². The molecule has 8 aromatic carbocycles. The van der Waals surface area contributed by atoms with Crippen LogP contribution >= 0.6 is 0 Å². The number of nitrogens with zero attached hydrogens (tertiary/aromatic N) is 3. The number of rotatable bonds is 4. The van der Waals surface area contributed by atoms with Gasteiger partial charge in [0.05, 0.1) is 33.8 Å². The van der Waals surface area contributed by atoms with Gasteiger partial charge in [-0.05, 0) is 227 Å². The van der Waals surface area contributed by atoms with Crippen molar-refractivity contribution in [2.45, 2.75) is 225 Å². The van der Waals surface area contributed by atoms with Crippen LogP contribution in [0, 0.1) is 0 Å². The Bertz CT molecular complexity index is 4680. The average molecular weight is 1180 g/mol. The molecule has 4 nitrogen and oxygen atoms in total. The number of anilines is 6. The number of fused-ring (bicyclic) bond motifs is 16. The third-order valence-electron chi connectivity index (χ3n) is 24.1. The van der Waals surface area contributed by atoms with E-state index >= 15 is 0 Å². The van der Waals surface area contributed by atoms with Crippen molar-refractivity contribution < 1.29 is 4.42 Å². The van der Waals surface area contributed by atoms with Gasteiger partial charge in [0, 0.05) is 44.5 Å². The Morgan fingerprint density at radius 2 is 0.911 bits per heavy atom. The first-order valence-corrected chi connectivity index (χ1v) is 34.2. The summed E-state index contributed by atoms with van der Waals surface area (Å²) in [6, 6.07) is 56.7. The first-order chi connectivity index (χ1) is 42.2. The molecule has 6 aliphatic rings. The molecule has 0 N–H and O–H groups in total. The third kappa shape index (κ3) is 8.24. The van der Waals surface area contributed by atoms with Crippen LogP contribution in [0.1, 0.15) is 227 Å². The van der Waals surface area contributed by atoms with Crippen molar-refractivity contribution in [1.29, 1.82) is 0 Å². The molecule has 5 heteroatoms. The Morgan fingerprint density at radius 3 is 1.49 bits per heavy atom. The van der Waals surface area contributed by atoms with Crippen molar-refractivity contribution in [1.82, 2.24) is 4.57 Å². The van der Waals surface area contributed by atoms with Crippen molar-refractivity contribution >= 4 is 90.2 Å². The monoisotopic (exact) mass is 1180 g/mol. The van der Waals surface area contributed by atoms with Crippen molar-refractivity contribution in [3.05, 3.63) is 190 Å². The van der Waals surface area contributed by atoms with Crippen molar-refractivity contribution in [3.8, 4) is 16.8 Å². The maximum Gasteiger partial charge on any atom is 0.297 e. The van der Waals surface area contributed by atoms with Gasteiger partial charge in [-0.2, -0.15) is 0 Å². The van der Waals surface area contributed by atoms with E-state index in [2.05, 4.69) is 285 Å². The average Bonchev–Trinajstić information content (AvgIpc) is 1.27. The number of hydrogen-bond donors (Lipinski definition) is 0. The van der Waals surface area contributed by atoms with E-state index in [1.165, 1.54) is 153 Å². The minimum absolute atomic E-state index is 0.00934. The largest absolute Gasteiger partial charge is 0.468 e. The van der Waals surface area contributed by atoms with Crippen molar-refractivity contribution in [2.24, 2.45) is 0 Å². The van der Waals surface area contributed by atoms with Crippen LogP contribution < -0.4 is 26.4 Å². The molecule has 4 aliphatic carbocycles. The molecule has 0 spiro atoms. The van der Waals surface area contributed by atoms with E-state index < -0.39 is 0 Å². The van der Waals surface area contributed by atoms with Gasteiger partial charge in [0.1, 0.15) is 5.58 Å². The summed E-state index contributed by atoms with van der Waals surface area (Å²) >= 11 is 0. The lowest BCUT2D eigenvalue weighted by Gasteiger charge is -2.47. The molecule has 4 heterocycles. The van der Waals surface area contributed by atoms with Crippen LogP contribution in [0.5, 0.6) is 0 Å². The summed E-state index contributed by atoms with van der Waals surface area (Å²) in [6.07, 6.45) is 8.17. The van der Waals surface area contributed by atoms with Crippen LogP contribution in [0.2, 0.25) is 0 Å². The molecule has 2 atom stereocenters. The topological polar surface area (TPSA) is 24.6 Å². The molecule has 1 saturated carbocycles. The van der Waals surface area contributed by atoms with E-state index in [1.54, 1.807) is 0 Å². The molecule has 458 valence electrons. The van der Waals surface area contributed by atoms with E-state index in [0.717, 1.165) is 41.9 Å². The van der Waals surface area contributed by atoms with Gasteiger partial charge in [0.2, 0.25) is 0 Å². The summed E-state index contributed by atoms with van der Waals surface area (Å²) in [5.74, 6) is 0. The first-order valence-electron chi connectivity index (χ1n) is 34.2. The predicted molar refractivity (Wildman–Crippen MR) is 385 cm³/mol. The summed E-state index contributed by atoms with van der Waals surface area (Å²) in [7, 11) is 0. The Balaban J connectivity index is 1.12. The Morgan fingerprint density at radius 1 is 0.400 bits per heavy atom. The molecule has 1 fully saturated rings. The molecule has 2 aromatic heterocycles. The van der Waals surface area contributed by atoms with E-state index in [9.17, 15) is 0 Å². The van der Waals surface area contributed by atoms with Crippen LogP contribution in [0.4, 0.5) is 34.1 Å². The van der Waals surface area contributed by atoms with Gasteiger partial charge in [-0.25, -0.2) is 0 Å². The van der Waals surface area contributed by atoms with Crippen molar-refractivity contribution in [3.63, 3.8) is 0 Å². The molecular weight excluding hydrogens is 1090 g/mol. The Hall–Kier alpha value is -7.24. The van der Waals surface area contributed by atoms with Crippen molar-refractivity contribution in [2.75, 3.05) is 9.80 Å². The lowest BCUT2D eigenvalue weighted by Crippen LogP contribution is -2.61. The van der Waals surface area contributed by atoms with Gasteiger partial charge in [0.25, 0.3) is 6.71 Å². The highest BCUT2D eigenvalue weighted by Crippen LogP contribution is 2.63. The maximum absolute atomic E-state index is 8.03. The second-order valence-corrected chi connectivity index (χ2v) is 35.4. The summed E-state index contributed by atoms with van der Waals surface area (Å²) in [4.78, 5) is 5.47. The molecule has 0 saturated heterocycles. The van der Waals surface area contributed by atoms with Gasteiger partial charge in [0.15, 0.2) is 0 Å². The van der Waals surface area contributed by atoms with E-state index in [1.807, 2.05) is 0 Å². The molecule has 0 radical (unpaired) electrons. The summed E-state index contributed by atoms with van der Waals surface area (Å²) in [6.45, 7) is 46.1. The fraction of sp³-hybridized carbons (Fsp3) is 0.412. The predicted octanol–water partition coefficient (Wildman–Crippen LogP) is 21.6. The molecule has 0 amide bonds. The van der Waals surface area contributed by atoms with E-state index in [0.29, 0.717) is 0 Å². The number of furan rings is 1. The highest BCUT2D eigenvalue weighted by Gasteiger charge is 2.55. The third-order valence-corrected chi connectivity index (χ3v) is 24.1. The van der Waals surface area contributed by atoms with E-state index in [4.69, 9.17) is 4.42 Å². The molecule has 90 heavy (non-hydrogen) atoms. The zero-order valence-corrected chi connectivity index (χ0v) is 57.6.